The molecule has 0 fully saturated rings. The molecule has 5 heteroatoms. The number of nitrogens with zero attached hydrogens (tertiary/aromatic N) is 1. The Kier molecular flexibility index (Phi) is 3.85. The molecule has 0 unspecified atom stereocenters. The fraction of sp³-hybridized carbons (Fsp3) is 0.286. The zero-order valence-electron chi connectivity index (χ0n) is 11.3. The zero-order valence-corrected chi connectivity index (χ0v) is 11.3. The first kappa shape index (κ1) is 13.1. The van der Waals surface area contributed by atoms with Gasteiger partial charge in [0.05, 0.1) is 0 Å². The first-order valence-corrected chi connectivity index (χ1v) is 6.19. The summed E-state index contributed by atoms with van der Waals surface area (Å²) in [6.45, 7) is 6.63. The van der Waals surface area contributed by atoms with E-state index in [1.54, 1.807) is 19.1 Å². The number of hydrogen-bond acceptors (Lipinski definition) is 4. The quantitative estimate of drug-likeness (QED) is 0.885. The van der Waals surface area contributed by atoms with Gasteiger partial charge in [-0.25, -0.2) is 0 Å². The number of aromatic nitrogens is 1. The van der Waals surface area contributed by atoms with Gasteiger partial charge < -0.3 is 15.2 Å². The summed E-state index contributed by atoms with van der Waals surface area (Å²) < 4.78 is 4.90. The minimum Gasteiger partial charge on any atom is -0.385 e. The highest BCUT2D eigenvalue weighted by atomic mass is 16.5. The van der Waals surface area contributed by atoms with Gasteiger partial charge in [0.15, 0.2) is 5.82 Å². The van der Waals surface area contributed by atoms with Crippen molar-refractivity contribution in [2.75, 3.05) is 17.2 Å². The minimum atomic E-state index is -0.195. The van der Waals surface area contributed by atoms with E-state index in [4.69, 9.17) is 4.52 Å². The van der Waals surface area contributed by atoms with Crippen molar-refractivity contribution >= 4 is 17.4 Å². The molecule has 2 aromatic rings. The Hall–Kier alpha value is -2.30. The van der Waals surface area contributed by atoms with E-state index in [0.29, 0.717) is 17.1 Å². The van der Waals surface area contributed by atoms with Gasteiger partial charge in [-0.3, -0.25) is 4.79 Å². The molecule has 0 radical (unpaired) electrons. The summed E-state index contributed by atoms with van der Waals surface area (Å²) in [6.07, 6.45) is 0. The lowest BCUT2D eigenvalue weighted by atomic mass is 10.1. The van der Waals surface area contributed by atoms with Gasteiger partial charge in [0.2, 0.25) is 0 Å². The maximum absolute atomic E-state index is 12.0. The van der Waals surface area contributed by atoms with Crippen molar-refractivity contribution in [3.63, 3.8) is 0 Å². The van der Waals surface area contributed by atoms with Crippen LogP contribution >= 0.6 is 0 Å². The number of nitrogens with one attached hydrogen (secondary N) is 2. The number of benzene rings is 1. The van der Waals surface area contributed by atoms with Crippen molar-refractivity contribution in [3.05, 3.63) is 41.2 Å². The fourth-order valence-electron chi connectivity index (χ4n) is 1.81. The highest BCUT2D eigenvalue weighted by Gasteiger charge is 2.10. The zero-order chi connectivity index (χ0) is 13.8. The van der Waals surface area contributed by atoms with Gasteiger partial charge in [-0.15, -0.1) is 0 Å². The average Bonchev–Trinajstić information content (AvgIpc) is 2.77. The van der Waals surface area contributed by atoms with Crippen molar-refractivity contribution in [1.82, 2.24) is 5.16 Å². The number of aryl methyl sites for hydroxylation is 2. The van der Waals surface area contributed by atoms with E-state index in [1.807, 2.05) is 26.0 Å². The number of carbonyl (C=O) groups is 1. The second-order valence-corrected chi connectivity index (χ2v) is 4.34. The molecule has 0 saturated carbocycles. The lowest BCUT2D eigenvalue weighted by molar-refractivity contribution is 0.102. The molecule has 1 aromatic carbocycles. The molecule has 0 bridgehead atoms. The van der Waals surface area contributed by atoms with Crippen LogP contribution in [0.3, 0.4) is 0 Å². The Balaban J connectivity index is 2.13. The van der Waals surface area contributed by atoms with E-state index in [0.717, 1.165) is 17.8 Å². The minimum absolute atomic E-state index is 0.195. The molecule has 1 amide bonds. The Bertz CT molecular complexity index is 590. The standard InChI is InChI=1S/C14H17N3O2/c1-4-15-12-6-5-11(7-9(12)2)14(18)16-13-8-10(3)19-17-13/h5-8,15H,4H2,1-3H3,(H,16,17,18). The SMILES string of the molecule is CCNc1ccc(C(=O)Nc2cc(C)on2)cc1C. The van der Waals surface area contributed by atoms with Gasteiger partial charge in [0.25, 0.3) is 5.91 Å². The molecule has 0 saturated heterocycles. The van der Waals surface area contributed by atoms with Crippen molar-refractivity contribution in [2.24, 2.45) is 0 Å². The molecule has 0 spiro atoms. The summed E-state index contributed by atoms with van der Waals surface area (Å²) >= 11 is 0. The lowest BCUT2D eigenvalue weighted by Gasteiger charge is -2.09. The predicted octanol–water partition coefficient (Wildman–Crippen LogP) is 2.98. The highest BCUT2D eigenvalue weighted by molar-refractivity contribution is 6.04. The maximum atomic E-state index is 12.0. The number of anilines is 2. The third-order valence-corrected chi connectivity index (χ3v) is 2.73. The second kappa shape index (κ2) is 5.56. The highest BCUT2D eigenvalue weighted by Crippen LogP contribution is 2.17. The summed E-state index contributed by atoms with van der Waals surface area (Å²) in [6, 6.07) is 7.22. The van der Waals surface area contributed by atoms with Gasteiger partial charge in [-0.1, -0.05) is 5.16 Å². The molecule has 100 valence electrons. The molecule has 0 aliphatic rings. The summed E-state index contributed by atoms with van der Waals surface area (Å²) in [4.78, 5) is 12.0. The number of amides is 1. The molecule has 1 aromatic heterocycles. The molecule has 2 N–H and O–H groups in total. The van der Waals surface area contributed by atoms with Gasteiger partial charge in [0.1, 0.15) is 5.76 Å². The van der Waals surface area contributed by atoms with Crippen molar-refractivity contribution in [3.8, 4) is 0 Å². The second-order valence-electron chi connectivity index (χ2n) is 4.34. The monoisotopic (exact) mass is 259 g/mol. The topological polar surface area (TPSA) is 67.2 Å². The van der Waals surface area contributed by atoms with Crippen LogP contribution < -0.4 is 10.6 Å². The third kappa shape index (κ3) is 3.13. The van der Waals surface area contributed by atoms with Gasteiger partial charge in [-0.05, 0) is 44.5 Å². The molecule has 1 heterocycles. The molecule has 0 aliphatic carbocycles. The van der Waals surface area contributed by atoms with Crippen LogP contribution in [0, 0.1) is 13.8 Å². The van der Waals surface area contributed by atoms with Crippen molar-refractivity contribution < 1.29 is 9.32 Å². The van der Waals surface area contributed by atoms with Crippen LogP contribution in [0.2, 0.25) is 0 Å². The van der Waals surface area contributed by atoms with Crippen LogP contribution in [0.1, 0.15) is 28.6 Å². The Labute approximate surface area is 112 Å². The first-order valence-electron chi connectivity index (χ1n) is 6.19. The number of rotatable bonds is 4. The smallest absolute Gasteiger partial charge is 0.256 e. The van der Waals surface area contributed by atoms with Crippen molar-refractivity contribution in [2.45, 2.75) is 20.8 Å². The molecule has 2 rings (SSSR count). The summed E-state index contributed by atoms with van der Waals surface area (Å²) in [5.41, 5.74) is 2.67. The third-order valence-electron chi connectivity index (χ3n) is 2.73. The molecule has 0 aliphatic heterocycles. The maximum Gasteiger partial charge on any atom is 0.256 e. The largest absolute Gasteiger partial charge is 0.385 e. The number of hydrogen-bond donors (Lipinski definition) is 2. The Morgan fingerprint density at radius 3 is 2.68 bits per heavy atom. The van der Waals surface area contributed by atoms with Gasteiger partial charge >= 0.3 is 0 Å². The predicted molar refractivity (Wildman–Crippen MR) is 74.5 cm³/mol. The molecule has 0 atom stereocenters. The average molecular weight is 259 g/mol. The van der Waals surface area contributed by atoms with Gasteiger partial charge in [-0.2, -0.15) is 0 Å². The van der Waals surface area contributed by atoms with Crippen LogP contribution in [0.25, 0.3) is 0 Å². The molecule has 19 heavy (non-hydrogen) atoms. The molecular weight excluding hydrogens is 242 g/mol. The van der Waals surface area contributed by atoms with E-state index in [1.165, 1.54) is 0 Å². The van der Waals surface area contributed by atoms with Crippen LogP contribution in [0.15, 0.2) is 28.8 Å². The van der Waals surface area contributed by atoms with Crippen LogP contribution in [-0.2, 0) is 0 Å². The summed E-state index contributed by atoms with van der Waals surface area (Å²) in [5, 5.41) is 9.66. The van der Waals surface area contributed by atoms with Crippen molar-refractivity contribution in [1.29, 1.82) is 0 Å². The Morgan fingerprint density at radius 2 is 2.11 bits per heavy atom. The van der Waals surface area contributed by atoms with E-state index in [9.17, 15) is 4.79 Å². The van der Waals surface area contributed by atoms with E-state index >= 15 is 0 Å². The number of carbonyl (C=O) groups excluding carboxylic acids is 1. The summed E-state index contributed by atoms with van der Waals surface area (Å²) in [5.74, 6) is 0.893. The Morgan fingerprint density at radius 1 is 1.32 bits per heavy atom. The lowest BCUT2D eigenvalue weighted by Crippen LogP contribution is -2.12. The van der Waals surface area contributed by atoms with Crippen LogP contribution in [-0.4, -0.2) is 17.6 Å². The molecular formula is C14H17N3O2. The van der Waals surface area contributed by atoms with E-state index < -0.39 is 0 Å². The summed E-state index contributed by atoms with van der Waals surface area (Å²) in [7, 11) is 0. The first-order chi connectivity index (χ1) is 9.10. The normalized spacial score (nSPS) is 10.3. The van der Waals surface area contributed by atoms with Crippen LogP contribution in [0.5, 0.6) is 0 Å². The van der Waals surface area contributed by atoms with Gasteiger partial charge in [0, 0.05) is 23.9 Å². The van der Waals surface area contributed by atoms with E-state index in [-0.39, 0.29) is 5.91 Å². The molecule has 5 nitrogen and oxygen atoms in total. The van der Waals surface area contributed by atoms with Crippen LogP contribution in [0.4, 0.5) is 11.5 Å². The fourth-order valence-corrected chi connectivity index (χ4v) is 1.81. The van der Waals surface area contributed by atoms with E-state index in [2.05, 4.69) is 15.8 Å².